The fraction of sp³-hybridized carbons (Fsp3) is 0.714. The Bertz CT molecular complexity index is 300. The first-order chi connectivity index (χ1) is 8.35. The molecule has 3 heteroatoms. The largest absolute Gasteiger partial charge is 0.330 e. The summed E-state index contributed by atoms with van der Waals surface area (Å²) in [6.45, 7) is 2.91. The molecule has 1 aliphatic carbocycles. The van der Waals surface area contributed by atoms with Crippen molar-refractivity contribution in [1.29, 1.82) is 0 Å². The normalized spacial score (nSPS) is 20.1. The molecule has 0 unspecified atom stereocenters. The van der Waals surface area contributed by atoms with E-state index in [1.54, 1.807) is 11.3 Å². The van der Waals surface area contributed by atoms with Gasteiger partial charge in [-0.2, -0.15) is 11.3 Å². The molecule has 1 fully saturated rings. The maximum Gasteiger partial charge on any atom is 0.0213 e. The van der Waals surface area contributed by atoms with E-state index in [0.717, 1.165) is 19.6 Å². The molecule has 0 aromatic carbocycles. The van der Waals surface area contributed by atoms with E-state index >= 15 is 0 Å². The van der Waals surface area contributed by atoms with Gasteiger partial charge >= 0.3 is 0 Å². The first-order valence-electron chi connectivity index (χ1n) is 6.77. The van der Waals surface area contributed by atoms with Crippen LogP contribution in [-0.2, 0) is 6.54 Å². The van der Waals surface area contributed by atoms with Gasteiger partial charge in [-0.1, -0.05) is 25.7 Å². The summed E-state index contributed by atoms with van der Waals surface area (Å²) in [5.74, 6) is 0. The molecule has 0 aliphatic heterocycles. The SMILES string of the molecule is NCC1(CNCc2ccsc2)CCCCCC1. The van der Waals surface area contributed by atoms with Crippen LogP contribution in [-0.4, -0.2) is 13.1 Å². The van der Waals surface area contributed by atoms with Gasteiger partial charge in [-0.15, -0.1) is 0 Å². The summed E-state index contributed by atoms with van der Waals surface area (Å²) >= 11 is 1.77. The number of hydrogen-bond acceptors (Lipinski definition) is 3. The molecule has 0 spiro atoms. The number of rotatable bonds is 5. The van der Waals surface area contributed by atoms with E-state index in [1.807, 2.05) is 0 Å². The van der Waals surface area contributed by atoms with E-state index in [-0.39, 0.29) is 0 Å². The third-order valence-electron chi connectivity index (χ3n) is 4.01. The summed E-state index contributed by atoms with van der Waals surface area (Å²) < 4.78 is 0. The van der Waals surface area contributed by atoms with E-state index in [4.69, 9.17) is 5.73 Å². The molecular formula is C14H24N2S. The molecule has 1 aromatic rings. The first-order valence-corrected chi connectivity index (χ1v) is 7.71. The predicted octanol–water partition coefficient (Wildman–Crippen LogP) is 3.14. The number of nitrogens with two attached hydrogens (primary N) is 1. The second kappa shape index (κ2) is 6.53. The van der Waals surface area contributed by atoms with Crippen LogP contribution in [0.15, 0.2) is 16.8 Å². The Balaban J connectivity index is 1.81. The third kappa shape index (κ3) is 3.80. The van der Waals surface area contributed by atoms with Crippen molar-refractivity contribution in [1.82, 2.24) is 5.32 Å². The second-order valence-corrected chi connectivity index (χ2v) is 6.13. The van der Waals surface area contributed by atoms with Gasteiger partial charge in [0.25, 0.3) is 0 Å². The van der Waals surface area contributed by atoms with Crippen LogP contribution < -0.4 is 11.1 Å². The molecule has 0 atom stereocenters. The van der Waals surface area contributed by atoms with Crippen molar-refractivity contribution in [2.45, 2.75) is 45.1 Å². The summed E-state index contributed by atoms with van der Waals surface area (Å²) in [4.78, 5) is 0. The fourth-order valence-electron chi connectivity index (χ4n) is 2.80. The molecule has 2 rings (SSSR count). The van der Waals surface area contributed by atoms with Gasteiger partial charge in [-0.25, -0.2) is 0 Å². The van der Waals surface area contributed by atoms with E-state index in [2.05, 4.69) is 22.1 Å². The van der Waals surface area contributed by atoms with Gasteiger partial charge < -0.3 is 11.1 Å². The van der Waals surface area contributed by atoms with Crippen molar-refractivity contribution in [3.8, 4) is 0 Å². The Morgan fingerprint density at radius 2 is 2.00 bits per heavy atom. The third-order valence-corrected chi connectivity index (χ3v) is 4.74. The van der Waals surface area contributed by atoms with Crippen LogP contribution in [0.5, 0.6) is 0 Å². The van der Waals surface area contributed by atoms with Gasteiger partial charge in [0.15, 0.2) is 0 Å². The van der Waals surface area contributed by atoms with Crippen molar-refractivity contribution < 1.29 is 0 Å². The minimum Gasteiger partial charge on any atom is -0.330 e. The minimum absolute atomic E-state index is 0.368. The molecule has 96 valence electrons. The molecule has 0 saturated heterocycles. The Hall–Kier alpha value is -0.380. The highest BCUT2D eigenvalue weighted by Gasteiger charge is 2.28. The maximum absolute atomic E-state index is 6.03. The molecule has 0 amide bonds. The smallest absolute Gasteiger partial charge is 0.0213 e. The lowest BCUT2D eigenvalue weighted by atomic mass is 9.80. The monoisotopic (exact) mass is 252 g/mol. The lowest BCUT2D eigenvalue weighted by Gasteiger charge is -2.31. The quantitative estimate of drug-likeness (QED) is 0.790. The van der Waals surface area contributed by atoms with E-state index in [0.29, 0.717) is 5.41 Å². The summed E-state index contributed by atoms with van der Waals surface area (Å²) in [7, 11) is 0. The highest BCUT2D eigenvalue weighted by molar-refractivity contribution is 7.07. The molecule has 1 saturated carbocycles. The molecule has 1 heterocycles. The maximum atomic E-state index is 6.03. The molecule has 17 heavy (non-hydrogen) atoms. The van der Waals surface area contributed by atoms with E-state index < -0.39 is 0 Å². The van der Waals surface area contributed by atoms with Crippen molar-refractivity contribution in [3.63, 3.8) is 0 Å². The lowest BCUT2D eigenvalue weighted by molar-refractivity contribution is 0.242. The topological polar surface area (TPSA) is 38.0 Å². The molecule has 0 bridgehead atoms. The van der Waals surface area contributed by atoms with Crippen LogP contribution in [0, 0.1) is 5.41 Å². The van der Waals surface area contributed by atoms with Crippen LogP contribution in [0.4, 0.5) is 0 Å². The average Bonchev–Trinajstić information content (AvgIpc) is 2.75. The molecular weight excluding hydrogens is 228 g/mol. The second-order valence-electron chi connectivity index (χ2n) is 5.35. The Kier molecular flexibility index (Phi) is 5.01. The lowest BCUT2D eigenvalue weighted by Crippen LogP contribution is -2.39. The summed E-state index contributed by atoms with van der Waals surface area (Å²) in [6.07, 6.45) is 8.12. The van der Waals surface area contributed by atoms with Crippen molar-refractivity contribution >= 4 is 11.3 Å². The highest BCUT2D eigenvalue weighted by atomic mass is 32.1. The van der Waals surface area contributed by atoms with Crippen LogP contribution in [0.3, 0.4) is 0 Å². The van der Waals surface area contributed by atoms with Gasteiger partial charge in [-0.3, -0.25) is 0 Å². The van der Waals surface area contributed by atoms with E-state index in [1.165, 1.54) is 44.1 Å². The van der Waals surface area contributed by atoms with Gasteiger partial charge in [0, 0.05) is 13.1 Å². The summed E-state index contributed by atoms with van der Waals surface area (Å²) in [5, 5.41) is 7.96. The molecule has 2 nitrogen and oxygen atoms in total. The number of thiophene rings is 1. The van der Waals surface area contributed by atoms with Crippen molar-refractivity contribution in [2.75, 3.05) is 13.1 Å². The fourth-order valence-corrected chi connectivity index (χ4v) is 3.47. The first kappa shape index (κ1) is 13.1. The Morgan fingerprint density at radius 3 is 2.59 bits per heavy atom. The van der Waals surface area contributed by atoms with Gasteiger partial charge in [0.1, 0.15) is 0 Å². The van der Waals surface area contributed by atoms with Gasteiger partial charge in [0.2, 0.25) is 0 Å². The number of hydrogen-bond donors (Lipinski definition) is 2. The predicted molar refractivity (Wildman–Crippen MR) is 75.2 cm³/mol. The van der Waals surface area contributed by atoms with E-state index in [9.17, 15) is 0 Å². The summed E-state index contributed by atoms with van der Waals surface area (Å²) in [5.41, 5.74) is 7.80. The summed E-state index contributed by atoms with van der Waals surface area (Å²) in [6, 6.07) is 2.19. The zero-order valence-corrected chi connectivity index (χ0v) is 11.4. The zero-order valence-electron chi connectivity index (χ0n) is 10.6. The zero-order chi connectivity index (χ0) is 12.0. The molecule has 1 aromatic heterocycles. The van der Waals surface area contributed by atoms with Crippen LogP contribution in [0.25, 0.3) is 0 Å². The minimum atomic E-state index is 0.368. The molecule has 0 radical (unpaired) electrons. The average molecular weight is 252 g/mol. The van der Waals surface area contributed by atoms with Crippen molar-refractivity contribution in [3.05, 3.63) is 22.4 Å². The molecule has 3 N–H and O–H groups in total. The van der Waals surface area contributed by atoms with Gasteiger partial charge in [-0.05, 0) is 47.2 Å². The molecule has 1 aliphatic rings. The Labute approximate surface area is 109 Å². The number of nitrogens with one attached hydrogen (secondary N) is 1. The standard InChI is InChI=1S/C14H24N2S/c15-11-14(6-3-1-2-4-7-14)12-16-9-13-5-8-17-10-13/h5,8,10,16H,1-4,6-7,9,11-12,15H2. The van der Waals surface area contributed by atoms with Gasteiger partial charge in [0.05, 0.1) is 0 Å². The Morgan fingerprint density at radius 1 is 1.24 bits per heavy atom. The van der Waals surface area contributed by atoms with Crippen LogP contribution >= 0.6 is 11.3 Å². The highest BCUT2D eigenvalue weighted by Crippen LogP contribution is 2.33. The van der Waals surface area contributed by atoms with Crippen molar-refractivity contribution in [2.24, 2.45) is 11.1 Å². The van der Waals surface area contributed by atoms with Crippen LogP contribution in [0.1, 0.15) is 44.1 Å². The van der Waals surface area contributed by atoms with Crippen LogP contribution in [0.2, 0.25) is 0 Å².